The molecule has 0 atom stereocenters. The highest BCUT2D eigenvalue weighted by Gasteiger charge is 2.49. The van der Waals surface area contributed by atoms with Crippen LogP contribution >= 0.6 is 11.6 Å². The van der Waals surface area contributed by atoms with Crippen molar-refractivity contribution in [3.63, 3.8) is 0 Å². The van der Waals surface area contributed by atoms with E-state index in [-0.39, 0.29) is 28.9 Å². The molecule has 1 N–H and O–H groups in total. The van der Waals surface area contributed by atoms with Gasteiger partial charge in [0.2, 0.25) is 0 Å². The van der Waals surface area contributed by atoms with Crippen LogP contribution in [0.3, 0.4) is 0 Å². The van der Waals surface area contributed by atoms with Gasteiger partial charge in [-0.25, -0.2) is 0 Å². The predicted molar refractivity (Wildman–Crippen MR) is 141 cm³/mol. The molecule has 0 saturated heterocycles. The summed E-state index contributed by atoms with van der Waals surface area (Å²) in [5, 5.41) is 10.2. The normalized spacial score (nSPS) is 21.1. The van der Waals surface area contributed by atoms with Gasteiger partial charge in [-0.05, 0) is 55.2 Å². The first-order valence-corrected chi connectivity index (χ1v) is 13.3. The van der Waals surface area contributed by atoms with Crippen LogP contribution in [-0.4, -0.2) is 47.3 Å². The van der Waals surface area contributed by atoms with Crippen molar-refractivity contribution in [2.24, 2.45) is 10.8 Å². The average molecular weight is 530 g/mol. The molecule has 0 aromatic heterocycles. The van der Waals surface area contributed by atoms with Crippen LogP contribution in [0, 0.1) is 10.8 Å². The van der Waals surface area contributed by atoms with Crippen molar-refractivity contribution in [3.8, 4) is 11.5 Å². The van der Waals surface area contributed by atoms with Crippen LogP contribution in [-0.2, 0) is 14.4 Å². The van der Waals surface area contributed by atoms with Gasteiger partial charge in [-0.2, -0.15) is 0 Å². The number of hydrogen-bond acceptors (Lipinski definition) is 6. The van der Waals surface area contributed by atoms with Crippen LogP contribution in [0.25, 0.3) is 0 Å². The molecule has 4 rings (SSSR count). The molecule has 0 amide bonds. The fourth-order valence-corrected chi connectivity index (χ4v) is 6.28. The number of carboxylic acid groups (broad SMARTS) is 1. The molecule has 0 spiro atoms. The molecule has 2 aliphatic carbocycles. The monoisotopic (exact) mass is 529 g/mol. The van der Waals surface area contributed by atoms with Crippen LogP contribution < -0.4 is 9.47 Å². The Morgan fingerprint density at radius 2 is 1.46 bits per heavy atom. The first-order chi connectivity index (χ1) is 17.3. The lowest BCUT2D eigenvalue weighted by atomic mass is 9.63. The van der Waals surface area contributed by atoms with E-state index in [1.807, 2.05) is 47.6 Å². The first-order valence-electron chi connectivity index (χ1n) is 12.9. The van der Waals surface area contributed by atoms with Crippen molar-refractivity contribution in [1.29, 1.82) is 0 Å². The summed E-state index contributed by atoms with van der Waals surface area (Å²) in [5.74, 6) is -0.913. The zero-order chi connectivity index (χ0) is 27.3. The van der Waals surface area contributed by atoms with Gasteiger partial charge in [-0.3, -0.25) is 14.4 Å². The van der Waals surface area contributed by atoms with Crippen LogP contribution in [0.5, 0.6) is 11.5 Å². The summed E-state index contributed by atoms with van der Waals surface area (Å²) >= 11 is 6.68. The topological polar surface area (TPSA) is 93.1 Å². The quantitative estimate of drug-likeness (QED) is 0.469. The molecule has 0 saturated carbocycles. The lowest BCUT2D eigenvalue weighted by Crippen LogP contribution is -2.45. The molecule has 8 heteroatoms. The lowest BCUT2D eigenvalue weighted by molar-refractivity contribution is -0.138. The molecule has 37 heavy (non-hydrogen) atoms. The number of Topliss-reactive ketones (excluding diaryl/α,β-unsaturated/α-hetero) is 2. The number of rotatable bonds is 7. The molecule has 0 bridgehead atoms. The summed E-state index contributed by atoms with van der Waals surface area (Å²) in [6.07, 6.45) is 1.70. The van der Waals surface area contributed by atoms with Gasteiger partial charge in [0.25, 0.3) is 0 Å². The third-order valence-corrected chi connectivity index (χ3v) is 7.55. The zero-order valence-electron chi connectivity index (χ0n) is 22.5. The third kappa shape index (κ3) is 5.15. The van der Waals surface area contributed by atoms with Gasteiger partial charge in [-0.1, -0.05) is 39.3 Å². The highest BCUT2D eigenvalue weighted by molar-refractivity contribution is 6.32. The number of nitrogens with zero attached hydrogens (tertiary/aromatic N) is 1. The van der Waals surface area contributed by atoms with Gasteiger partial charge in [0, 0.05) is 41.3 Å². The number of ether oxygens (including phenoxy) is 2. The number of ketones is 2. The van der Waals surface area contributed by atoms with E-state index in [2.05, 4.69) is 0 Å². The second-order valence-electron chi connectivity index (χ2n) is 11.7. The molecular formula is C29H36ClNO6. The second kappa shape index (κ2) is 9.82. The van der Waals surface area contributed by atoms with Gasteiger partial charge in [0.05, 0.1) is 18.2 Å². The van der Waals surface area contributed by atoms with Crippen molar-refractivity contribution in [2.45, 2.75) is 73.1 Å². The summed E-state index contributed by atoms with van der Waals surface area (Å²) in [7, 11) is 0. The molecule has 1 aromatic carbocycles. The van der Waals surface area contributed by atoms with Gasteiger partial charge in [0.15, 0.2) is 23.1 Å². The summed E-state index contributed by atoms with van der Waals surface area (Å²) in [5.41, 5.74) is 2.38. The molecule has 1 aromatic rings. The molecule has 0 radical (unpaired) electrons. The Balaban J connectivity index is 2.03. The van der Waals surface area contributed by atoms with Crippen molar-refractivity contribution in [3.05, 3.63) is 45.3 Å². The summed E-state index contributed by atoms with van der Waals surface area (Å²) < 4.78 is 11.6. The lowest BCUT2D eigenvalue weighted by Gasteiger charge is -2.48. The molecule has 0 fully saturated rings. The second-order valence-corrected chi connectivity index (χ2v) is 12.1. The van der Waals surface area contributed by atoms with E-state index in [0.717, 1.165) is 0 Å². The third-order valence-electron chi connectivity index (χ3n) is 7.27. The van der Waals surface area contributed by atoms with Gasteiger partial charge in [-0.15, -0.1) is 0 Å². The van der Waals surface area contributed by atoms with Crippen molar-refractivity contribution < 1.29 is 29.0 Å². The van der Waals surface area contributed by atoms with E-state index < -0.39 is 11.9 Å². The minimum atomic E-state index is -1.01. The van der Waals surface area contributed by atoms with Crippen molar-refractivity contribution >= 4 is 29.1 Å². The van der Waals surface area contributed by atoms with E-state index in [4.69, 9.17) is 21.1 Å². The van der Waals surface area contributed by atoms with Crippen LogP contribution in [0.1, 0.15) is 78.7 Å². The Morgan fingerprint density at radius 3 is 1.92 bits per heavy atom. The Morgan fingerprint density at radius 1 is 0.946 bits per heavy atom. The van der Waals surface area contributed by atoms with Crippen LogP contribution in [0.15, 0.2) is 34.7 Å². The number of allylic oxidation sites excluding steroid dienone is 4. The Bertz CT molecular complexity index is 1170. The molecule has 200 valence electrons. The SMILES string of the molecule is CCOc1cc(C2C3=C(CC(C)(C)CC3=O)N(CC(=O)O)C3=C2C(=O)CC(C)(C)C3)cc(Cl)c1OCC. The number of carbonyl (C=O) groups excluding carboxylic acids is 2. The smallest absolute Gasteiger partial charge is 0.323 e. The van der Waals surface area contributed by atoms with E-state index in [1.165, 1.54) is 0 Å². The highest BCUT2D eigenvalue weighted by Crippen LogP contribution is 2.55. The molecule has 7 nitrogen and oxygen atoms in total. The Labute approximate surface area is 223 Å². The van der Waals surface area contributed by atoms with E-state index in [0.29, 0.717) is 83.5 Å². The van der Waals surface area contributed by atoms with E-state index in [9.17, 15) is 19.5 Å². The number of carbonyl (C=O) groups is 3. The fourth-order valence-electron chi connectivity index (χ4n) is 6.01. The average Bonchev–Trinajstić information content (AvgIpc) is 2.75. The number of carboxylic acids is 1. The largest absolute Gasteiger partial charge is 0.490 e. The number of hydrogen-bond donors (Lipinski definition) is 1. The molecule has 3 aliphatic rings. The maximum absolute atomic E-state index is 13.8. The Hall–Kier alpha value is -2.80. The van der Waals surface area contributed by atoms with Crippen LogP contribution in [0.2, 0.25) is 5.02 Å². The van der Waals surface area contributed by atoms with Crippen molar-refractivity contribution in [1.82, 2.24) is 4.90 Å². The van der Waals surface area contributed by atoms with Gasteiger partial charge < -0.3 is 19.5 Å². The van der Waals surface area contributed by atoms with Crippen molar-refractivity contribution in [2.75, 3.05) is 19.8 Å². The number of halogens is 1. The van der Waals surface area contributed by atoms with E-state index in [1.54, 1.807) is 11.0 Å². The zero-order valence-corrected chi connectivity index (χ0v) is 23.3. The summed E-state index contributed by atoms with van der Waals surface area (Å²) in [6.45, 7) is 12.3. The standard InChI is InChI=1S/C29H36ClNO6/c1-7-36-22-10-16(9-17(30)27(22)37-8-2)24-25-18(11-28(3,4)13-20(25)32)31(15-23(34)35)19-12-29(5,6)14-21(33)26(19)24/h9-10,24H,7-8,11-15H2,1-6H3,(H,34,35). The maximum Gasteiger partial charge on any atom is 0.323 e. The molecular weight excluding hydrogens is 494 g/mol. The molecule has 1 aliphatic heterocycles. The van der Waals surface area contributed by atoms with E-state index >= 15 is 0 Å². The predicted octanol–water partition coefficient (Wildman–Crippen LogP) is 5.91. The minimum absolute atomic E-state index is 0.0706. The van der Waals surface area contributed by atoms with Crippen LogP contribution in [0.4, 0.5) is 0 Å². The van der Waals surface area contributed by atoms with Gasteiger partial charge >= 0.3 is 5.97 Å². The fraction of sp³-hybridized carbons (Fsp3) is 0.552. The highest BCUT2D eigenvalue weighted by atomic mass is 35.5. The molecule has 0 unspecified atom stereocenters. The number of benzene rings is 1. The summed E-state index contributed by atoms with van der Waals surface area (Å²) in [4.78, 5) is 41.3. The number of aliphatic carboxylic acids is 1. The maximum atomic E-state index is 13.8. The minimum Gasteiger partial charge on any atom is -0.490 e. The van der Waals surface area contributed by atoms with Gasteiger partial charge in [0.1, 0.15) is 6.54 Å². The Kier molecular flexibility index (Phi) is 7.23. The summed E-state index contributed by atoms with van der Waals surface area (Å²) in [6, 6.07) is 3.56. The molecule has 1 heterocycles. The first kappa shape index (κ1) is 27.2.